The van der Waals surface area contributed by atoms with Gasteiger partial charge in [-0.3, -0.25) is 0 Å². The van der Waals surface area contributed by atoms with Gasteiger partial charge in [0, 0.05) is 31.4 Å². The number of nitrogens with zero attached hydrogens (tertiary/aromatic N) is 3. The molecule has 2 N–H and O–H groups in total. The second kappa shape index (κ2) is 7.54. The topological polar surface area (TPSA) is 53.1 Å². The van der Waals surface area contributed by atoms with Crippen molar-refractivity contribution < 1.29 is 0 Å². The zero-order chi connectivity index (χ0) is 15.2. The van der Waals surface area contributed by atoms with Crippen LogP contribution < -0.4 is 15.5 Å². The summed E-state index contributed by atoms with van der Waals surface area (Å²) >= 11 is 5.25. The highest BCUT2D eigenvalue weighted by Gasteiger charge is 2.18. The molecular formula is C15H25N5S. The van der Waals surface area contributed by atoms with Gasteiger partial charge in [-0.2, -0.15) is 4.98 Å². The van der Waals surface area contributed by atoms with E-state index in [4.69, 9.17) is 12.2 Å². The van der Waals surface area contributed by atoms with Crippen molar-refractivity contribution in [2.75, 3.05) is 29.9 Å². The van der Waals surface area contributed by atoms with Gasteiger partial charge in [-0.1, -0.05) is 13.8 Å². The van der Waals surface area contributed by atoms with Gasteiger partial charge in [-0.05, 0) is 44.3 Å². The number of piperidine rings is 1. The maximum Gasteiger partial charge on any atom is 0.231 e. The zero-order valence-electron chi connectivity index (χ0n) is 13.1. The Morgan fingerprint density at radius 1 is 1.48 bits per heavy atom. The summed E-state index contributed by atoms with van der Waals surface area (Å²) in [7, 11) is 0. The molecule has 1 fully saturated rings. The predicted octanol–water partition coefficient (Wildman–Crippen LogP) is 2.72. The van der Waals surface area contributed by atoms with Gasteiger partial charge in [-0.15, -0.1) is 0 Å². The molecule has 0 aliphatic carbocycles. The summed E-state index contributed by atoms with van der Waals surface area (Å²) in [6.07, 6.45) is 3.56. The SMILES string of the molecule is CCCNC(=S)Nc1nc(C)cc(N2CCC[C@@H](C)C2)n1. The summed E-state index contributed by atoms with van der Waals surface area (Å²) in [5.74, 6) is 2.30. The van der Waals surface area contributed by atoms with Crippen LogP contribution in [0.4, 0.5) is 11.8 Å². The highest BCUT2D eigenvalue weighted by molar-refractivity contribution is 7.80. The molecule has 1 aliphatic heterocycles. The Bertz CT molecular complexity index is 491. The van der Waals surface area contributed by atoms with Gasteiger partial charge in [0.2, 0.25) is 5.95 Å². The molecule has 0 spiro atoms. The van der Waals surface area contributed by atoms with Crippen LogP contribution in [0.3, 0.4) is 0 Å². The van der Waals surface area contributed by atoms with Crippen LogP contribution in [0.1, 0.15) is 38.8 Å². The first-order valence-electron chi connectivity index (χ1n) is 7.74. The Labute approximate surface area is 132 Å². The standard InChI is InChI=1S/C15H25N5S/c1-4-7-16-15(21)19-14-17-12(3)9-13(18-14)20-8-5-6-11(2)10-20/h9,11H,4-8,10H2,1-3H3,(H2,16,17,18,19,21)/t11-/m1/s1. The monoisotopic (exact) mass is 307 g/mol. The predicted molar refractivity (Wildman–Crippen MR) is 91.9 cm³/mol. The van der Waals surface area contributed by atoms with Crippen molar-refractivity contribution in [2.45, 2.75) is 40.0 Å². The van der Waals surface area contributed by atoms with E-state index in [1.165, 1.54) is 12.8 Å². The number of aryl methyl sites for hydroxylation is 1. The molecule has 1 aliphatic rings. The maximum atomic E-state index is 5.25. The van der Waals surface area contributed by atoms with Gasteiger partial charge >= 0.3 is 0 Å². The fourth-order valence-electron chi connectivity index (χ4n) is 2.55. The number of rotatable bonds is 4. The number of thiocarbonyl (C=S) groups is 1. The van der Waals surface area contributed by atoms with Gasteiger partial charge in [0.1, 0.15) is 5.82 Å². The van der Waals surface area contributed by atoms with E-state index in [0.29, 0.717) is 11.1 Å². The highest BCUT2D eigenvalue weighted by atomic mass is 32.1. The molecule has 0 amide bonds. The molecule has 1 aromatic rings. The minimum Gasteiger partial charge on any atom is -0.362 e. The van der Waals surface area contributed by atoms with Gasteiger partial charge < -0.3 is 15.5 Å². The van der Waals surface area contributed by atoms with Crippen LogP contribution in [-0.4, -0.2) is 34.7 Å². The molecule has 0 radical (unpaired) electrons. The lowest BCUT2D eigenvalue weighted by molar-refractivity contribution is 0.444. The number of hydrogen-bond donors (Lipinski definition) is 2. The molecule has 0 saturated carbocycles. The molecule has 2 rings (SSSR count). The maximum absolute atomic E-state index is 5.25. The number of aromatic nitrogens is 2. The first-order valence-corrected chi connectivity index (χ1v) is 8.14. The summed E-state index contributed by atoms with van der Waals surface area (Å²) in [5.41, 5.74) is 0.957. The molecule has 0 bridgehead atoms. The molecular weight excluding hydrogens is 282 g/mol. The zero-order valence-corrected chi connectivity index (χ0v) is 14.0. The fourth-order valence-corrected chi connectivity index (χ4v) is 2.74. The Kier molecular flexibility index (Phi) is 5.73. The van der Waals surface area contributed by atoms with Crippen LogP contribution in [-0.2, 0) is 0 Å². The first-order chi connectivity index (χ1) is 10.1. The molecule has 5 nitrogen and oxygen atoms in total. The summed E-state index contributed by atoms with van der Waals surface area (Å²) in [5, 5.41) is 6.80. The van der Waals surface area contributed by atoms with Crippen molar-refractivity contribution in [3.05, 3.63) is 11.8 Å². The lowest BCUT2D eigenvalue weighted by Gasteiger charge is -2.32. The molecule has 1 atom stereocenters. The van der Waals surface area contributed by atoms with Crippen LogP contribution in [0.25, 0.3) is 0 Å². The lowest BCUT2D eigenvalue weighted by atomic mass is 10.0. The fraction of sp³-hybridized carbons (Fsp3) is 0.667. The third-order valence-electron chi connectivity index (χ3n) is 3.58. The highest BCUT2D eigenvalue weighted by Crippen LogP contribution is 2.22. The minimum atomic E-state index is 0.580. The number of anilines is 2. The second-order valence-electron chi connectivity index (χ2n) is 5.77. The minimum absolute atomic E-state index is 0.580. The third-order valence-corrected chi connectivity index (χ3v) is 3.83. The van der Waals surface area contributed by atoms with E-state index in [-0.39, 0.29) is 0 Å². The van der Waals surface area contributed by atoms with E-state index >= 15 is 0 Å². The Hall–Kier alpha value is -1.43. The van der Waals surface area contributed by atoms with Crippen molar-refractivity contribution in [1.82, 2.24) is 15.3 Å². The first kappa shape index (κ1) is 15.9. The molecule has 0 aromatic carbocycles. The van der Waals surface area contributed by atoms with E-state index in [9.17, 15) is 0 Å². The molecule has 1 saturated heterocycles. The number of hydrogen-bond acceptors (Lipinski definition) is 4. The van der Waals surface area contributed by atoms with Crippen LogP contribution in [0.15, 0.2) is 6.07 Å². The Morgan fingerprint density at radius 3 is 3.00 bits per heavy atom. The summed E-state index contributed by atoms with van der Waals surface area (Å²) in [6, 6.07) is 2.05. The van der Waals surface area contributed by atoms with Crippen LogP contribution in [0.2, 0.25) is 0 Å². The molecule has 2 heterocycles. The smallest absolute Gasteiger partial charge is 0.231 e. The van der Waals surface area contributed by atoms with E-state index in [0.717, 1.165) is 43.5 Å². The average Bonchev–Trinajstić information content (AvgIpc) is 2.44. The second-order valence-corrected chi connectivity index (χ2v) is 6.17. The van der Waals surface area contributed by atoms with E-state index in [1.54, 1.807) is 0 Å². The molecule has 116 valence electrons. The quantitative estimate of drug-likeness (QED) is 0.834. The van der Waals surface area contributed by atoms with Gasteiger partial charge in [0.25, 0.3) is 0 Å². The van der Waals surface area contributed by atoms with Gasteiger partial charge in [0.15, 0.2) is 5.11 Å². The van der Waals surface area contributed by atoms with Crippen molar-refractivity contribution >= 4 is 29.1 Å². The largest absolute Gasteiger partial charge is 0.362 e. The van der Waals surface area contributed by atoms with E-state index < -0.39 is 0 Å². The van der Waals surface area contributed by atoms with Crippen molar-refractivity contribution in [3.63, 3.8) is 0 Å². The van der Waals surface area contributed by atoms with Crippen molar-refractivity contribution in [3.8, 4) is 0 Å². The van der Waals surface area contributed by atoms with Gasteiger partial charge in [-0.25, -0.2) is 4.98 Å². The Balaban J connectivity index is 2.07. The van der Waals surface area contributed by atoms with E-state index in [1.807, 2.05) is 13.0 Å². The average molecular weight is 307 g/mol. The third kappa shape index (κ3) is 4.81. The van der Waals surface area contributed by atoms with Crippen molar-refractivity contribution in [2.24, 2.45) is 5.92 Å². The van der Waals surface area contributed by atoms with Crippen LogP contribution in [0.5, 0.6) is 0 Å². The summed E-state index contributed by atoms with van der Waals surface area (Å²) < 4.78 is 0. The summed E-state index contributed by atoms with van der Waals surface area (Å²) in [6.45, 7) is 9.38. The molecule has 0 unspecified atom stereocenters. The lowest BCUT2D eigenvalue weighted by Crippen LogP contribution is -2.35. The van der Waals surface area contributed by atoms with Crippen LogP contribution >= 0.6 is 12.2 Å². The Morgan fingerprint density at radius 2 is 2.29 bits per heavy atom. The molecule has 21 heavy (non-hydrogen) atoms. The van der Waals surface area contributed by atoms with Crippen LogP contribution in [0, 0.1) is 12.8 Å². The van der Waals surface area contributed by atoms with Crippen molar-refractivity contribution in [1.29, 1.82) is 0 Å². The van der Waals surface area contributed by atoms with Gasteiger partial charge in [0.05, 0.1) is 0 Å². The van der Waals surface area contributed by atoms with E-state index in [2.05, 4.69) is 39.3 Å². The number of nitrogens with one attached hydrogen (secondary N) is 2. The normalized spacial score (nSPS) is 18.4. The summed E-state index contributed by atoms with van der Waals surface area (Å²) in [4.78, 5) is 11.4. The molecule has 1 aromatic heterocycles. The molecule has 6 heteroatoms.